The van der Waals surface area contributed by atoms with Crippen molar-refractivity contribution in [1.29, 1.82) is 0 Å². The second kappa shape index (κ2) is 6.05. The Hall–Kier alpha value is -1.59. The van der Waals surface area contributed by atoms with Crippen LogP contribution >= 0.6 is 0 Å². The van der Waals surface area contributed by atoms with Crippen LogP contribution in [0.3, 0.4) is 0 Å². The molecule has 2 saturated heterocycles. The molecular formula is C18H28O6. The van der Waals surface area contributed by atoms with Crippen LogP contribution in [0.2, 0.25) is 0 Å². The first-order chi connectivity index (χ1) is 10.9. The molecule has 3 fully saturated rings. The van der Waals surface area contributed by atoms with Gasteiger partial charge in [-0.2, -0.15) is 0 Å². The topological polar surface area (TPSA) is 78.9 Å². The quantitative estimate of drug-likeness (QED) is 0.565. The van der Waals surface area contributed by atoms with E-state index < -0.39 is 34.7 Å². The van der Waals surface area contributed by atoms with Crippen molar-refractivity contribution >= 4 is 17.9 Å². The molecule has 6 nitrogen and oxygen atoms in total. The van der Waals surface area contributed by atoms with Gasteiger partial charge in [0.2, 0.25) is 5.60 Å². The monoisotopic (exact) mass is 340 g/mol. The number of ether oxygens (including phenoxy) is 3. The van der Waals surface area contributed by atoms with Crippen molar-refractivity contribution in [3.63, 3.8) is 0 Å². The number of hydrogen-bond donors (Lipinski definition) is 0. The maximum atomic E-state index is 12.5. The van der Waals surface area contributed by atoms with Gasteiger partial charge in [-0.1, -0.05) is 6.92 Å². The lowest BCUT2D eigenvalue weighted by Crippen LogP contribution is -2.58. The first kappa shape index (κ1) is 18.7. The Kier molecular flexibility index (Phi) is 4.72. The molecule has 0 aromatic carbocycles. The molecule has 1 aliphatic carbocycles. The fourth-order valence-corrected chi connectivity index (χ4v) is 2.89. The second-order valence-corrected chi connectivity index (χ2v) is 8.24. The van der Waals surface area contributed by atoms with Gasteiger partial charge in [0.25, 0.3) is 0 Å². The first-order valence-corrected chi connectivity index (χ1v) is 8.59. The van der Waals surface area contributed by atoms with Crippen LogP contribution in [0.25, 0.3) is 0 Å². The number of carbonyl (C=O) groups is 3. The van der Waals surface area contributed by atoms with Gasteiger partial charge in [-0.05, 0) is 53.9 Å². The minimum Gasteiger partial charge on any atom is -0.455 e. The normalized spacial score (nSPS) is 29.8. The molecule has 0 amide bonds. The molecule has 0 N–H and O–H groups in total. The highest BCUT2D eigenvalue weighted by molar-refractivity contribution is 5.85. The van der Waals surface area contributed by atoms with Crippen molar-refractivity contribution in [2.75, 3.05) is 0 Å². The molecule has 1 saturated carbocycles. The van der Waals surface area contributed by atoms with Crippen molar-refractivity contribution in [1.82, 2.24) is 0 Å². The van der Waals surface area contributed by atoms with Crippen LogP contribution in [0.5, 0.6) is 0 Å². The molecule has 3 unspecified atom stereocenters. The lowest BCUT2D eigenvalue weighted by molar-refractivity contribution is -0.225. The van der Waals surface area contributed by atoms with Crippen molar-refractivity contribution in [2.45, 2.75) is 84.5 Å². The van der Waals surface area contributed by atoms with Crippen LogP contribution in [0.4, 0.5) is 0 Å². The van der Waals surface area contributed by atoms with E-state index in [0.717, 1.165) is 6.42 Å². The summed E-state index contributed by atoms with van der Waals surface area (Å²) in [5.74, 6) is -1.48. The highest BCUT2D eigenvalue weighted by atomic mass is 16.6. The number of hydrogen-bond acceptors (Lipinski definition) is 6. The highest BCUT2D eigenvalue weighted by Crippen LogP contribution is 2.43. The molecule has 3 atom stereocenters. The maximum Gasteiger partial charge on any atom is 0.350 e. The van der Waals surface area contributed by atoms with Gasteiger partial charge in [-0.3, -0.25) is 9.59 Å². The fraction of sp³-hybridized carbons (Fsp3) is 0.833. The van der Waals surface area contributed by atoms with E-state index in [2.05, 4.69) is 0 Å². The van der Waals surface area contributed by atoms with Gasteiger partial charge >= 0.3 is 17.9 Å². The molecule has 3 rings (SSSR count). The van der Waals surface area contributed by atoms with E-state index >= 15 is 0 Å². The van der Waals surface area contributed by atoms with Gasteiger partial charge in [-0.15, -0.1) is 0 Å². The van der Waals surface area contributed by atoms with E-state index in [1.54, 1.807) is 20.8 Å². The second-order valence-electron chi connectivity index (χ2n) is 8.24. The standard InChI is InChI=1S/C18H28O6/c1-7-16(2,3)14(20)24-17(4,5)15(21)22-12-10-11-8-9-18(12,6)23-13(11)19/h11-12H,7-10H2,1-6H3. The van der Waals surface area contributed by atoms with E-state index in [4.69, 9.17) is 14.2 Å². The lowest BCUT2D eigenvalue weighted by Gasteiger charge is -2.48. The molecule has 2 aliphatic heterocycles. The van der Waals surface area contributed by atoms with E-state index in [1.165, 1.54) is 13.8 Å². The van der Waals surface area contributed by atoms with Gasteiger partial charge in [-0.25, -0.2) is 4.79 Å². The summed E-state index contributed by atoms with van der Waals surface area (Å²) in [6, 6.07) is 0. The average Bonchev–Trinajstić information content (AvgIpc) is 2.47. The van der Waals surface area contributed by atoms with E-state index in [9.17, 15) is 14.4 Å². The summed E-state index contributed by atoms with van der Waals surface area (Å²) >= 11 is 0. The van der Waals surface area contributed by atoms with Crippen LogP contribution < -0.4 is 0 Å². The zero-order chi connectivity index (χ0) is 18.3. The molecule has 24 heavy (non-hydrogen) atoms. The Morgan fingerprint density at radius 3 is 2.38 bits per heavy atom. The Balaban J connectivity index is 2.04. The number of fused-ring (bicyclic) bond motifs is 3. The highest BCUT2D eigenvalue weighted by Gasteiger charge is 2.54. The Labute approximate surface area is 143 Å². The Bertz CT molecular complexity index is 550. The molecule has 136 valence electrons. The molecule has 2 heterocycles. The molecular weight excluding hydrogens is 312 g/mol. The summed E-state index contributed by atoms with van der Waals surface area (Å²) in [5.41, 5.74) is -2.84. The van der Waals surface area contributed by atoms with Crippen LogP contribution in [0.1, 0.15) is 67.2 Å². The summed E-state index contributed by atoms with van der Waals surface area (Å²) in [7, 11) is 0. The SMILES string of the molecule is CCC(C)(C)C(=O)OC(C)(C)C(=O)OC1CC2CCC1(C)OC2=O. The lowest BCUT2D eigenvalue weighted by atomic mass is 9.74. The first-order valence-electron chi connectivity index (χ1n) is 8.59. The largest absolute Gasteiger partial charge is 0.455 e. The molecule has 3 aliphatic rings. The van der Waals surface area contributed by atoms with Gasteiger partial charge in [0.15, 0.2) is 0 Å². The van der Waals surface area contributed by atoms with Crippen LogP contribution in [-0.4, -0.2) is 35.2 Å². The maximum absolute atomic E-state index is 12.5. The predicted molar refractivity (Wildman–Crippen MR) is 86.0 cm³/mol. The number of carbonyl (C=O) groups excluding carboxylic acids is 3. The van der Waals surface area contributed by atoms with E-state index in [1.807, 2.05) is 6.92 Å². The summed E-state index contributed by atoms with van der Waals surface area (Å²) in [4.78, 5) is 36.5. The summed E-state index contributed by atoms with van der Waals surface area (Å²) in [5, 5.41) is 0. The molecule has 0 radical (unpaired) electrons. The minimum atomic E-state index is -1.39. The van der Waals surface area contributed by atoms with E-state index in [0.29, 0.717) is 19.3 Å². The van der Waals surface area contributed by atoms with Crippen LogP contribution in [-0.2, 0) is 28.6 Å². The molecule has 0 spiro atoms. The van der Waals surface area contributed by atoms with Crippen molar-refractivity contribution < 1.29 is 28.6 Å². The third kappa shape index (κ3) is 3.42. The zero-order valence-corrected chi connectivity index (χ0v) is 15.4. The third-order valence-corrected chi connectivity index (χ3v) is 5.36. The van der Waals surface area contributed by atoms with Crippen LogP contribution in [0, 0.1) is 11.3 Å². The number of esters is 3. The smallest absolute Gasteiger partial charge is 0.350 e. The molecule has 0 aromatic rings. The summed E-state index contributed by atoms with van der Waals surface area (Å²) < 4.78 is 16.4. The van der Waals surface area contributed by atoms with Crippen molar-refractivity contribution in [3.8, 4) is 0 Å². The number of rotatable bonds is 5. The average molecular weight is 340 g/mol. The van der Waals surface area contributed by atoms with Gasteiger partial charge < -0.3 is 14.2 Å². The third-order valence-electron chi connectivity index (χ3n) is 5.36. The van der Waals surface area contributed by atoms with Gasteiger partial charge in [0.1, 0.15) is 11.7 Å². The van der Waals surface area contributed by atoms with Crippen LogP contribution in [0.15, 0.2) is 0 Å². The van der Waals surface area contributed by atoms with E-state index in [-0.39, 0.29) is 11.9 Å². The summed E-state index contributed by atoms with van der Waals surface area (Å²) in [6.45, 7) is 10.3. The molecule has 6 heteroatoms. The zero-order valence-electron chi connectivity index (χ0n) is 15.4. The predicted octanol–water partition coefficient (Wildman–Crippen LogP) is 2.77. The Morgan fingerprint density at radius 1 is 1.25 bits per heavy atom. The van der Waals surface area contributed by atoms with Crippen molar-refractivity contribution in [2.24, 2.45) is 11.3 Å². The Morgan fingerprint density at radius 2 is 1.88 bits per heavy atom. The van der Waals surface area contributed by atoms with Crippen molar-refractivity contribution in [3.05, 3.63) is 0 Å². The fourth-order valence-electron chi connectivity index (χ4n) is 2.89. The van der Waals surface area contributed by atoms with Gasteiger partial charge in [0, 0.05) is 6.42 Å². The molecule has 2 bridgehead atoms. The summed E-state index contributed by atoms with van der Waals surface area (Å²) in [6.07, 6.45) is 2.00. The molecule has 0 aromatic heterocycles. The minimum absolute atomic E-state index is 0.214. The van der Waals surface area contributed by atoms with Gasteiger partial charge in [0.05, 0.1) is 11.3 Å².